The molecule has 0 saturated carbocycles. The van der Waals surface area contributed by atoms with Gasteiger partial charge in [0.2, 0.25) is 0 Å². The van der Waals surface area contributed by atoms with E-state index in [1.165, 1.54) is 18.2 Å². The lowest BCUT2D eigenvalue weighted by molar-refractivity contribution is -0.384. The Hall–Kier alpha value is -3.94. The van der Waals surface area contributed by atoms with Crippen LogP contribution in [0.15, 0.2) is 67.0 Å². The van der Waals surface area contributed by atoms with E-state index < -0.39 is 10.8 Å². The van der Waals surface area contributed by atoms with Gasteiger partial charge in [0.25, 0.3) is 11.6 Å². The number of aromatic nitrogens is 1. The van der Waals surface area contributed by atoms with Gasteiger partial charge < -0.3 is 14.8 Å². The van der Waals surface area contributed by atoms with Crippen molar-refractivity contribution < 1.29 is 19.2 Å². The van der Waals surface area contributed by atoms with Crippen LogP contribution in [0.3, 0.4) is 0 Å². The average Bonchev–Trinajstić information content (AvgIpc) is 2.75. The van der Waals surface area contributed by atoms with Gasteiger partial charge in [0.1, 0.15) is 17.2 Å². The standard InChI is InChI=1S/C21H19N3O5/c1-14(15-9-11-22-12-10-15)23-21(25)19-13-16(24(26)27)3-8-20(19)29-18-6-4-17(28-2)5-7-18/h3-14H,1-2H3,(H,23,25). The molecular weight excluding hydrogens is 374 g/mol. The van der Waals surface area contributed by atoms with E-state index in [1.807, 2.05) is 6.92 Å². The number of pyridine rings is 1. The second-order valence-corrected chi connectivity index (χ2v) is 6.19. The maximum absolute atomic E-state index is 12.9. The summed E-state index contributed by atoms with van der Waals surface area (Å²) in [6, 6.07) is 13.9. The number of ether oxygens (including phenoxy) is 2. The molecule has 1 heterocycles. The number of nitrogens with zero attached hydrogens (tertiary/aromatic N) is 2. The SMILES string of the molecule is COc1ccc(Oc2ccc([N+](=O)[O-])cc2C(=O)NC(C)c2ccncc2)cc1. The Morgan fingerprint density at radius 1 is 1.07 bits per heavy atom. The van der Waals surface area contributed by atoms with Gasteiger partial charge in [-0.3, -0.25) is 19.9 Å². The van der Waals surface area contributed by atoms with Gasteiger partial charge in [0.15, 0.2) is 0 Å². The van der Waals surface area contributed by atoms with Gasteiger partial charge in [0, 0.05) is 24.5 Å². The maximum Gasteiger partial charge on any atom is 0.270 e. The number of amides is 1. The molecule has 8 heteroatoms. The van der Waals surface area contributed by atoms with Crippen LogP contribution in [-0.4, -0.2) is 22.9 Å². The first-order valence-electron chi connectivity index (χ1n) is 8.79. The molecule has 0 aliphatic carbocycles. The Morgan fingerprint density at radius 3 is 2.34 bits per heavy atom. The normalized spacial score (nSPS) is 11.4. The Morgan fingerprint density at radius 2 is 1.72 bits per heavy atom. The van der Waals surface area contributed by atoms with Crippen LogP contribution in [0.5, 0.6) is 17.2 Å². The summed E-state index contributed by atoms with van der Waals surface area (Å²) in [5, 5.41) is 14.0. The molecule has 29 heavy (non-hydrogen) atoms. The number of nitro benzene ring substituents is 1. The van der Waals surface area contributed by atoms with Gasteiger partial charge in [-0.05, 0) is 55.0 Å². The molecule has 3 rings (SSSR count). The summed E-state index contributed by atoms with van der Waals surface area (Å²) in [5.41, 5.74) is 0.723. The molecule has 0 aliphatic rings. The molecule has 0 aliphatic heterocycles. The van der Waals surface area contributed by atoms with E-state index in [9.17, 15) is 14.9 Å². The van der Waals surface area contributed by atoms with Crippen molar-refractivity contribution in [3.63, 3.8) is 0 Å². The number of methoxy groups -OCH3 is 1. The van der Waals surface area contributed by atoms with Crippen LogP contribution in [0.4, 0.5) is 5.69 Å². The highest BCUT2D eigenvalue weighted by Gasteiger charge is 2.20. The van der Waals surface area contributed by atoms with Gasteiger partial charge in [-0.15, -0.1) is 0 Å². The first kappa shape index (κ1) is 19.8. The highest BCUT2D eigenvalue weighted by Crippen LogP contribution is 2.30. The minimum absolute atomic E-state index is 0.0657. The lowest BCUT2D eigenvalue weighted by Crippen LogP contribution is -2.27. The van der Waals surface area contributed by atoms with Crippen molar-refractivity contribution in [3.05, 3.63) is 88.2 Å². The summed E-state index contributed by atoms with van der Waals surface area (Å²) in [7, 11) is 1.55. The van der Waals surface area contributed by atoms with E-state index in [0.717, 1.165) is 5.56 Å². The molecule has 1 atom stereocenters. The van der Waals surface area contributed by atoms with Crippen LogP contribution >= 0.6 is 0 Å². The van der Waals surface area contributed by atoms with Gasteiger partial charge in [-0.1, -0.05) is 0 Å². The van der Waals surface area contributed by atoms with Crippen LogP contribution in [0, 0.1) is 10.1 Å². The second kappa shape index (κ2) is 8.83. The van der Waals surface area contributed by atoms with Crippen molar-refractivity contribution in [3.8, 4) is 17.2 Å². The zero-order chi connectivity index (χ0) is 20.8. The number of nitro groups is 1. The first-order chi connectivity index (χ1) is 14.0. The number of benzene rings is 2. The van der Waals surface area contributed by atoms with Crippen LogP contribution in [-0.2, 0) is 0 Å². The number of carbonyl (C=O) groups excluding carboxylic acids is 1. The maximum atomic E-state index is 12.9. The molecule has 1 aromatic heterocycles. The fourth-order valence-corrected chi connectivity index (χ4v) is 2.68. The second-order valence-electron chi connectivity index (χ2n) is 6.19. The molecule has 2 aromatic carbocycles. The topological polar surface area (TPSA) is 104 Å². The van der Waals surface area contributed by atoms with Gasteiger partial charge >= 0.3 is 0 Å². The van der Waals surface area contributed by atoms with Crippen molar-refractivity contribution in [1.29, 1.82) is 0 Å². The van der Waals surface area contributed by atoms with Crippen molar-refractivity contribution in [2.75, 3.05) is 7.11 Å². The van der Waals surface area contributed by atoms with E-state index in [4.69, 9.17) is 9.47 Å². The number of rotatable bonds is 7. The van der Waals surface area contributed by atoms with Crippen LogP contribution in [0.25, 0.3) is 0 Å². The summed E-state index contributed by atoms with van der Waals surface area (Å²) < 4.78 is 10.9. The number of non-ortho nitro benzene ring substituents is 1. The summed E-state index contributed by atoms with van der Waals surface area (Å²) in [4.78, 5) is 27.4. The number of carbonyl (C=O) groups is 1. The van der Waals surface area contributed by atoms with E-state index in [2.05, 4.69) is 10.3 Å². The monoisotopic (exact) mass is 393 g/mol. The Bertz CT molecular complexity index is 1010. The molecule has 1 amide bonds. The smallest absolute Gasteiger partial charge is 0.270 e. The van der Waals surface area contributed by atoms with Gasteiger partial charge in [-0.25, -0.2) is 0 Å². The number of hydrogen-bond donors (Lipinski definition) is 1. The highest BCUT2D eigenvalue weighted by atomic mass is 16.6. The third-order valence-electron chi connectivity index (χ3n) is 4.26. The van der Waals surface area contributed by atoms with E-state index in [-0.39, 0.29) is 23.0 Å². The Balaban J connectivity index is 1.88. The molecule has 148 valence electrons. The minimum Gasteiger partial charge on any atom is -0.497 e. The molecule has 0 bridgehead atoms. The summed E-state index contributed by atoms with van der Waals surface area (Å²) in [5.74, 6) is 0.850. The molecule has 8 nitrogen and oxygen atoms in total. The minimum atomic E-state index is -0.555. The zero-order valence-electron chi connectivity index (χ0n) is 15.9. The predicted octanol–water partition coefficient (Wildman–Crippen LogP) is 4.28. The third kappa shape index (κ3) is 4.86. The van der Waals surface area contributed by atoms with Crippen molar-refractivity contribution in [2.45, 2.75) is 13.0 Å². The molecular formula is C21H19N3O5. The van der Waals surface area contributed by atoms with Crippen LogP contribution in [0.2, 0.25) is 0 Å². The largest absolute Gasteiger partial charge is 0.497 e. The summed E-state index contributed by atoms with van der Waals surface area (Å²) in [6.07, 6.45) is 3.26. The molecule has 0 fully saturated rings. The Kier molecular flexibility index (Phi) is 6.03. The fraction of sp³-hybridized carbons (Fsp3) is 0.143. The van der Waals surface area contributed by atoms with Crippen molar-refractivity contribution >= 4 is 11.6 Å². The lowest BCUT2D eigenvalue weighted by atomic mass is 10.1. The lowest BCUT2D eigenvalue weighted by Gasteiger charge is -2.16. The van der Waals surface area contributed by atoms with E-state index >= 15 is 0 Å². The van der Waals surface area contributed by atoms with E-state index in [0.29, 0.717) is 11.5 Å². The quantitative estimate of drug-likeness (QED) is 0.475. The van der Waals surface area contributed by atoms with E-state index in [1.54, 1.807) is 55.9 Å². The van der Waals surface area contributed by atoms with Crippen LogP contribution in [0.1, 0.15) is 28.9 Å². The zero-order valence-corrected chi connectivity index (χ0v) is 15.9. The first-order valence-corrected chi connectivity index (χ1v) is 8.79. The van der Waals surface area contributed by atoms with Crippen LogP contribution < -0.4 is 14.8 Å². The predicted molar refractivity (Wildman–Crippen MR) is 106 cm³/mol. The molecule has 0 spiro atoms. The molecule has 1 unspecified atom stereocenters. The number of hydrogen-bond acceptors (Lipinski definition) is 6. The summed E-state index contributed by atoms with van der Waals surface area (Å²) in [6.45, 7) is 1.81. The van der Waals surface area contributed by atoms with Gasteiger partial charge in [-0.2, -0.15) is 0 Å². The van der Waals surface area contributed by atoms with Gasteiger partial charge in [0.05, 0.1) is 23.6 Å². The highest BCUT2D eigenvalue weighted by molar-refractivity contribution is 5.98. The molecule has 0 saturated heterocycles. The average molecular weight is 393 g/mol. The third-order valence-corrected chi connectivity index (χ3v) is 4.26. The molecule has 3 aromatic rings. The Labute approximate surface area is 167 Å². The number of nitrogens with one attached hydrogen (secondary N) is 1. The molecule has 1 N–H and O–H groups in total. The summed E-state index contributed by atoms with van der Waals surface area (Å²) >= 11 is 0. The molecule has 0 radical (unpaired) electrons. The van der Waals surface area contributed by atoms with Crippen molar-refractivity contribution in [1.82, 2.24) is 10.3 Å². The fourth-order valence-electron chi connectivity index (χ4n) is 2.68. The van der Waals surface area contributed by atoms with Crippen molar-refractivity contribution in [2.24, 2.45) is 0 Å².